The van der Waals surface area contributed by atoms with Crippen molar-refractivity contribution in [2.24, 2.45) is 54.7 Å². The smallest absolute Gasteiger partial charge is 0.228 e. The lowest BCUT2D eigenvalue weighted by molar-refractivity contribution is -0.143. The molecule has 118 heavy (non-hydrogen) atoms. The Balaban J connectivity index is -0.000000610. The second-order valence-corrected chi connectivity index (χ2v) is 44.5. The number of ether oxygens (including phenoxy) is 3. The molecule has 1 aromatic rings. The zero-order chi connectivity index (χ0) is 93.0. The average molecular weight is 1670 g/mol. The van der Waals surface area contributed by atoms with Crippen molar-refractivity contribution in [3.8, 4) is 0 Å². The number of hydrogen-bond acceptors (Lipinski definition) is 16. The molecule has 0 atom stereocenters. The van der Waals surface area contributed by atoms with E-state index in [1.165, 1.54) is 58.4 Å². The first-order chi connectivity index (χ1) is 53.2. The summed E-state index contributed by atoms with van der Waals surface area (Å²) >= 11 is 0. The summed E-state index contributed by atoms with van der Waals surface area (Å²) in [4.78, 5) is 110. The molecule has 0 radical (unpaired) electrons. The highest BCUT2D eigenvalue weighted by Crippen LogP contribution is 2.25. The molecule has 0 spiro atoms. The van der Waals surface area contributed by atoms with Crippen molar-refractivity contribution in [2.75, 3.05) is 179 Å². The first-order valence-corrected chi connectivity index (χ1v) is 44.6. The van der Waals surface area contributed by atoms with Crippen molar-refractivity contribution in [3.63, 3.8) is 0 Å². The lowest BCUT2D eigenvalue weighted by Crippen LogP contribution is -2.52. The van der Waals surface area contributed by atoms with Crippen molar-refractivity contribution in [2.45, 2.75) is 313 Å². The van der Waals surface area contributed by atoms with Crippen LogP contribution in [0.2, 0.25) is 0 Å². The minimum absolute atomic E-state index is 0.130. The number of Topliss-reactive ketones (excluding diaryl/α,β-unsaturated/α-hetero) is 3. The van der Waals surface area contributed by atoms with Crippen molar-refractivity contribution in [3.05, 3.63) is 35.9 Å². The fourth-order valence-electron chi connectivity index (χ4n) is 10.9. The van der Waals surface area contributed by atoms with Gasteiger partial charge in [0.05, 0.1) is 39.6 Å². The van der Waals surface area contributed by atoms with E-state index >= 15 is 0 Å². The quantitative estimate of drug-likeness (QED) is 0.269. The summed E-state index contributed by atoms with van der Waals surface area (Å²) in [6, 6.07) is 10.0. The van der Waals surface area contributed by atoms with Gasteiger partial charge in [-0.3, -0.25) is 53.1 Å². The number of carbonyl (C=O) groups excluding carboxylic acids is 8. The number of nitrogens with one attached hydrogen (secondary N) is 1. The normalized spacial score (nSPS) is 17.2. The maximum absolute atomic E-state index is 11.9. The SMILES string of the molecule is CC(=O)C(C)(C)C.CC(=O)C(C)(C)C.CC(C)(C)C(=O)N1CCCCC1.CC(C)(C)C(=O)N1CCOCC1.CC(C)(C)CCN1CCOCC1.CC(C)(C)N1CCOCC1.CC(C)CNC(=O)C(C)(C)C.CCC(=O)C(C)(C)C.CN(Cc1ccccc1)C(=O)C(C)(C)C.CN1CCN(C(=O)C(C)(C)C)CC1.CN1CCN(C(C)(C)C)CC1. The van der Waals surface area contributed by atoms with Gasteiger partial charge in [0.2, 0.25) is 29.5 Å². The summed E-state index contributed by atoms with van der Waals surface area (Å²) in [7, 11) is 6.14. The number of piperidine rings is 1. The molecule has 694 valence electrons. The largest absolute Gasteiger partial charge is 0.379 e. The van der Waals surface area contributed by atoms with Crippen LogP contribution in [0.5, 0.6) is 0 Å². The zero-order valence-corrected chi connectivity index (χ0v) is 84.7. The van der Waals surface area contributed by atoms with Crippen LogP contribution in [-0.2, 0) is 59.1 Å². The summed E-state index contributed by atoms with van der Waals surface area (Å²) in [5, 5.41) is 2.88. The number of likely N-dealkylation sites (tertiary alicyclic amines) is 1. The second-order valence-electron chi connectivity index (χ2n) is 44.5. The van der Waals surface area contributed by atoms with Crippen molar-refractivity contribution >= 4 is 46.9 Å². The van der Waals surface area contributed by atoms with E-state index in [1.54, 1.807) is 18.7 Å². The number of benzene rings is 1. The number of likely N-dealkylation sites (N-methyl/N-ethyl adjacent to an activating group) is 2. The summed E-state index contributed by atoms with van der Waals surface area (Å²) in [5.74, 6) is 2.46. The Kier molecular flexibility index (Phi) is 56.9. The number of morpholine rings is 3. The summed E-state index contributed by atoms with van der Waals surface area (Å²) in [6.07, 6.45) is 5.59. The Morgan fingerprint density at radius 2 is 0.720 bits per heavy atom. The second kappa shape index (κ2) is 56.2. The lowest BCUT2D eigenvalue weighted by Gasteiger charge is -2.41. The fraction of sp³-hybridized carbons (Fsp3) is 0.856. The molecule has 7 rings (SSSR count). The third-order valence-electron chi connectivity index (χ3n) is 20.2. The van der Waals surface area contributed by atoms with Crippen LogP contribution in [0.4, 0.5) is 0 Å². The van der Waals surface area contributed by atoms with Gasteiger partial charge in [-0.15, -0.1) is 0 Å². The Morgan fingerprint density at radius 1 is 0.398 bits per heavy atom. The predicted octanol–water partition coefficient (Wildman–Crippen LogP) is 17.4. The number of nitrogens with zero attached hydrogens (tertiary/aromatic N) is 9. The number of amides is 5. The molecule has 5 amide bonds. The van der Waals surface area contributed by atoms with Gasteiger partial charge in [-0.1, -0.05) is 238 Å². The highest BCUT2D eigenvalue weighted by Gasteiger charge is 2.33. The molecule has 1 N–H and O–H groups in total. The van der Waals surface area contributed by atoms with Gasteiger partial charge >= 0.3 is 0 Å². The minimum Gasteiger partial charge on any atom is -0.379 e. The summed E-state index contributed by atoms with van der Waals surface area (Å²) < 4.78 is 15.7. The van der Waals surface area contributed by atoms with Gasteiger partial charge in [0, 0.05) is 186 Å². The van der Waals surface area contributed by atoms with Gasteiger partial charge in [0.1, 0.15) is 17.3 Å². The standard InChI is InChI=1S/C13H19NO.C10H20N2O.C10H21NO.C10H19NO.C9H20N2.C9H17NO2.C9H19NO.C8H17NO.C7H14O.2C6H12O/c1-13(2,3)12(15)14(4)10-11-8-6-5-7-9-11;1-10(2,3)9(13)12-7-5-11(4)6-8-12;1-10(2,3)4-5-11-6-8-12-9-7-11;1-10(2,3)9(12)11-7-5-4-6-8-11;1-9(2,3)11-7-5-10(4)6-8-11;1-9(2,3)8(11)10-4-6-12-7-5-10;1-7(2)6-10-8(11)9(3,4)5;1-8(2,3)9-4-6-10-7-5-9;1-5-6(8)7(2,3)4;2*1-5(7)6(2,3)4/h5-9H,10H2,1-4H3;5-8H2,1-4H3;4-9H2,1-3H3;4-8H2,1-3H3;5-8H2,1-4H3;4-7H2,1-3H3;7H,6H2,1-5H3,(H,10,11);4-7H2,1-3H3;5H2,1-4H3;2*1-4H3. The molecule has 6 aliphatic rings. The highest BCUT2D eigenvalue weighted by molar-refractivity contribution is 5.84. The molecule has 21 heteroatoms. The van der Waals surface area contributed by atoms with E-state index in [4.69, 9.17) is 14.2 Å². The van der Waals surface area contributed by atoms with Crippen LogP contribution < -0.4 is 5.32 Å². The molecule has 6 heterocycles. The molecule has 0 bridgehead atoms. The van der Waals surface area contributed by atoms with Crippen molar-refractivity contribution in [1.29, 1.82) is 0 Å². The van der Waals surface area contributed by atoms with Crippen molar-refractivity contribution < 1.29 is 52.6 Å². The number of rotatable bonds is 7. The van der Waals surface area contributed by atoms with Crippen LogP contribution in [0, 0.1) is 54.7 Å². The molecule has 0 aromatic heterocycles. The molecule has 6 aliphatic heterocycles. The fourth-order valence-corrected chi connectivity index (χ4v) is 10.9. The van der Waals surface area contributed by atoms with Crippen LogP contribution in [0.1, 0.15) is 301 Å². The molecular weight excluding hydrogens is 1480 g/mol. The van der Waals surface area contributed by atoms with Gasteiger partial charge in [-0.25, -0.2) is 0 Å². The van der Waals surface area contributed by atoms with Gasteiger partial charge in [0.15, 0.2) is 0 Å². The monoisotopic (exact) mass is 1670 g/mol. The maximum atomic E-state index is 11.9. The molecule has 1 aromatic carbocycles. The van der Waals surface area contributed by atoms with Crippen LogP contribution >= 0.6 is 0 Å². The Morgan fingerprint density at radius 3 is 1.00 bits per heavy atom. The highest BCUT2D eigenvalue weighted by atomic mass is 16.5. The first-order valence-electron chi connectivity index (χ1n) is 44.6. The predicted molar refractivity (Wildman–Crippen MR) is 497 cm³/mol. The van der Waals surface area contributed by atoms with Crippen LogP contribution in [-0.4, -0.2) is 281 Å². The van der Waals surface area contributed by atoms with Crippen LogP contribution in [0.3, 0.4) is 0 Å². The number of hydrogen-bond donors (Lipinski definition) is 1. The van der Waals surface area contributed by atoms with E-state index in [0.717, 1.165) is 117 Å². The van der Waals surface area contributed by atoms with E-state index in [0.29, 0.717) is 60.3 Å². The van der Waals surface area contributed by atoms with E-state index in [9.17, 15) is 38.4 Å². The molecule has 6 saturated heterocycles. The number of piperazine rings is 2. The van der Waals surface area contributed by atoms with E-state index in [-0.39, 0.29) is 78.5 Å². The van der Waals surface area contributed by atoms with Crippen LogP contribution in [0.15, 0.2) is 30.3 Å². The third-order valence-corrected chi connectivity index (χ3v) is 20.2. The number of carbonyl (C=O) groups is 8. The van der Waals surface area contributed by atoms with Gasteiger partial charge < -0.3 is 48.9 Å². The van der Waals surface area contributed by atoms with Gasteiger partial charge in [0.25, 0.3) is 0 Å². The Bertz CT molecular complexity index is 2830. The summed E-state index contributed by atoms with van der Waals surface area (Å²) in [6.45, 7) is 101. The minimum atomic E-state index is -0.302. The molecule has 21 nitrogen and oxygen atoms in total. The van der Waals surface area contributed by atoms with Gasteiger partial charge in [-0.05, 0) is 119 Å². The average Bonchev–Trinajstić information content (AvgIpc) is 0.862. The molecule has 0 unspecified atom stereocenters. The van der Waals surface area contributed by atoms with Crippen LogP contribution in [0.25, 0.3) is 0 Å². The Labute approximate surface area is 727 Å². The Hall–Kier alpha value is -4.74. The summed E-state index contributed by atoms with van der Waals surface area (Å²) in [5.41, 5.74) is 0.679. The number of ketones is 3. The molecule has 0 saturated carbocycles. The third kappa shape index (κ3) is 61.5. The van der Waals surface area contributed by atoms with E-state index in [1.807, 2.05) is 225 Å². The molecule has 6 fully saturated rings. The molecule has 0 aliphatic carbocycles. The van der Waals surface area contributed by atoms with Gasteiger partial charge in [-0.2, -0.15) is 0 Å². The lowest BCUT2D eigenvalue weighted by atomic mass is 9.90. The topological polar surface area (TPSA) is 205 Å². The van der Waals surface area contributed by atoms with E-state index in [2.05, 4.69) is 120 Å². The maximum Gasteiger partial charge on any atom is 0.228 e. The van der Waals surface area contributed by atoms with E-state index < -0.39 is 0 Å². The molecular formula is C97H190N10O11. The first kappa shape index (κ1) is 120. The van der Waals surface area contributed by atoms with Crippen molar-refractivity contribution in [1.82, 2.24) is 49.4 Å². The zero-order valence-electron chi connectivity index (χ0n) is 84.7.